The molecule has 0 aromatic carbocycles. The van der Waals surface area contributed by atoms with E-state index in [1.54, 1.807) is 0 Å². The number of aliphatic carboxylic acids is 1. The van der Waals surface area contributed by atoms with Crippen molar-refractivity contribution in [3.05, 3.63) is 0 Å². The molecule has 0 spiro atoms. The predicted molar refractivity (Wildman–Crippen MR) is 74.1 cm³/mol. The lowest BCUT2D eigenvalue weighted by molar-refractivity contribution is -0.952. The summed E-state index contributed by atoms with van der Waals surface area (Å²) < 4.78 is 0.561. The summed E-state index contributed by atoms with van der Waals surface area (Å²) in [6, 6.07) is 0. The molecule has 0 aliphatic carbocycles. The number of likely N-dealkylation sites (N-methyl/N-ethyl adjacent to an activating group) is 1. The van der Waals surface area contributed by atoms with Gasteiger partial charge in [0, 0.05) is 5.41 Å². The Hall–Kier alpha value is -0.570. The van der Waals surface area contributed by atoms with Crippen LogP contribution in [0.3, 0.4) is 0 Å². The Kier molecular flexibility index (Phi) is 7.06. The minimum atomic E-state index is -0.725. The molecule has 0 aliphatic rings. The first-order chi connectivity index (χ1) is 7.37. The van der Waals surface area contributed by atoms with E-state index >= 15 is 0 Å². The SMILES string of the molecule is CC.CC(C)(C)C[N+](C)(CC(=O)O)C(C)(C)C. The number of carboxylic acids is 1. The van der Waals surface area contributed by atoms with Gasteiger partial charge in [-0.05, 0) is 20.8 Å². The van der Waals surface area contributed by atoms with Crippen molar-refractivity contribution in [2.24, 2.45) is 5.41 Å². The molecule has 104 valence electrons. The highest BCUT2D eigenvalue weighted by Crippen LogP contribution is 2.28. The molecule has 3 nitrogen and oxygen atoms in total. The van der Waals surface area contributed by atoms with Crippen LogP contribution in [0.25, 0.3) is 0 Å². The zero-order chi connectivity index (χ0) is 14.5. The van der Waals surface area contributed by atoms with Gasteiger partial charge in [0.15, 0.2) is 6.54 Å². The monoisotopic (exact) mass is 246 g/mol. The molecule has 3 heteroatoms. The van der Waals surface area contributed by atoms with Gasteiger partial charge in [-0.3, -0.25) is 0 Å². The Morgan fingerprint density at radius 2 is 1.41 bits per heavy atom. The molecule has 1 N–H and O–H groups in total. The standard InChI is InChI=1S/C12H25NO2.C2H6/c1-11(2,3)9-13(7,8-10(14)15)12(4,5)6;1-2/h8-9H2,1-7H3;1-2H3/p+1. The van der Waals surface area contributed by atoms with E-state index in [-0.39, 0.29) is 17.5 Å². The van der Waals surface area contributed by atoms with Gasteiger partial charge in [-0.1, -0.05) is 34.6 Å². The minimum absolute atomic E-state index is 0.0499. The van der Waals surface area contributed by atoms with E-state index in [0.717, 1.165) is 6.54 Å². The molecule has 0 rings (SSSR count). The first kappa shape index (κ1) is 18.8. The van der Waals surface area contributed by atoms with Crippen molar-refractivity contribution in [3.8, 4) is 0 Å². The molecule has 0 amide bonds. The second kappa shape index (κ2) is 6.39. The van der Waals surface area contributed by atoms with Crippen molar-refractivity contribution in [3.63, 3.8) is 0 Å². The Morgan fingerprint density at radius 1 is 1.06 bits per heavy atom. The number of hydrogen-bond donors (Lipinski definition) is 1. The van der Waals surface area contributed by atoms with Crippen LogP contribution in [0, 0.1) is 5.41 Å². The van der Waals surface area contributed by atoms with Crippen LogP contribution in [0.2, 0.25) is 0 Å². The maximum Gasteiger partial charge on any atom is 0.359 e. The summed E-state index contributed by atoms with van der Waals surface area (Å²) in [5, 5.41) is 8.99. The fraction of sp³-hybridized carbons (Fsp3) is 0.929. The van der Waals surface area contributed by atoms with Crippen LogP contribution in [-0.4, -0.2) is 41.2 Å². The Balaban J connectivity index is 0. The third-order valence-electron chi connectivity index (χ3n) is 2.93. The lowest BCUT2D eigenvalue weighted by Gasteiger charge is -2.47. The van der Waals surface area contributed by atoms with Crippen LogP contribution in [0.1, 0.15) is 55.4 Å². The first-order valence-electron chi connectivity index (χ1n) is 6.44. The maximum atomic E-state index is 10.9. The lowest BCUT2D eigenvalue weighted by atomic mass is 9.90. The highest BCUT2D eigenvalue weighted by molar-refractivity contribution is 5.68. The van der Waals surface area contributed by atoms with Crippen molar-refractivity contribution >= 4 is 5.97 Å². The van der Waals surface area contributed by atoms with Crippen LogP contribution < -0.4 is 0 Å². The number of carbonyl (C=O) groups is 1. The van der Waals surface area contributed by atoms with Crippen LogP contribution in [-0.2, 0) is 4.79 Å². The fourth-order valence-electron chi connectivity index (χ4n) is 1.88. The van der Waals surface area contributed by atoms with Crippen LogP contribution in [0.15, 0.2) is 0 Å². The Labute approximate surface area is 107 Å². The van der Waals surface area contributed by atoms with E-state index in [1.165, 1.54) is 0 Å². The van der Waals surface area contributed by atoms with Gasteiger partial charge in [0.05, 0.1) is 19.1 Å². The average molecular weight is 246 g/mol. The van der Waals surface area contributed by atoms with Gasteiger partial charge in [-0.15, -0.1) is 0 Å². The van der Waals surface area contributed by atoms with E-state index < -0.39 is 5.97 Å². The molecule has 0 bridgehead atoms. The van der Waals surface area contributed by atoms with Crippen molar-refractivity contribution < 1.29 is 14.4 Å². The molecule has 0 aromatic heterocycles. The highest BCUT2D eigenvalue weighted by Gasteiger charge is 2.40. The molecule has 1 atom stereocenters. The maximum absolute atomic E-state index is 10.9. The normalized spacial score (nSPS) is 15.6. The van der Waals surface area contributed by atoms with Crippen LogP contribution >= 0.6 is 0 Å². The average Bonchev–Trinajstić information content (AvgIpc) is 2.00. The molecule has 0 radical (unpaired) electrons. The van der Waals surface area contributed by atoms with E-state index in [9.17, 15) is 4.79 Å². The van der Waals surface area contributed by atoms with Crippen LogP contribution in [0.5, 0.6) is 0 Å². The zero-order valence-electron chi connectivity index (χ0n) is 13.2. The molecule has 0 saturated heterocycles. The zero-order valence-corrected chi connectivity index (χ0v) is 13.2. The molecule has 0 fully saturated rings. The molecule has 1 unspecified atom stereocenters. The van der Waals surface area contributed by atoms with Gasteiger partial charge in [-0.2, -0.15) is 0 Å². The molecule has 17 heavy (non-hydrogen) atoms. The quantitative estimate of drug-likeness (QED) is 0.775. The van der Waals surface area contributed by atoms with E-state index in [4.69, 9.17) is 5.11 Å². The number of rotatable bonds is 3. The van der Waals surface area contributed by atoms with Gasteiger partial charge in [-0.25, -0.2) is 4.79 Å². The van der Waals surface area contributed by atoms with Crippen molar-refractivity contribution in [1.82, 2.24) is 0 Å². The second-order valence-corrected chi connectivity index (χ2v) is 6.84. The van der Waals surface area contributed by atoms with Gasteiger partial charge in [0.2, 0.25) is 0 Å². The van der Waals surface area contributed by atoms with Gasteiger partial charge >= 0.3 is 5.97 Å². The summed E-state index contributed by atoms with van der Waals surface area (Å²) in [6.45, 7) is 17.8. The molecular weight excluding hydrogens is 214 g/mol. The molecule has 0 heterocycles. The third-order valence-corrected chi connectivity index (χ3v) is 2.93. The van der Waals surface area contributed by atoms with Crippen molar-refractivity contribution in [2.75, 3.05) is 20.1 Å². The second-order valence-electron chi connectivity index (χ2n) is 6.84. The molecule has 0 aromatic rings. The molecular formula is C14H32NO2+. The summed E-state index contributed by atoms with van der Waals surface area (Å²) >= 11 is 0. The number of hydrogen-bond acceptors (Lipinski definition) is 1. The minimum Gasteiger partial charge on any atom is -0.477 e. The number of quaternary nitrogens is 1. The molecule has 0 saturated carbocycles. The van der Waals surface area contributed by atoms with Crippen molar-refractivity contribution in [1.29, 1.82) is 0 Å². The largest absolute Gasteiger partial charge is 0.477 e. The Morgan fingerprint density at radius 3 is 1.59 bits per heavy atom. The van der Waals surface area contributed by atoms with E-state index in [0.29, 0.717) is 4.48 Å². The fourth-order valence-corrected chi connectivity index (χ4v) is 1.88. The summed E-state index contributed by atoms with van der Waals surface area (Å²) in [4.78, 5) is 10.9. The Bertz CT molecular complexity index is 236. The predicted octanol–water partition coefficient (Wildman–Crippen LogP) is 3.39. The topological polar surface area (TPSA) is 37.3 Å². The molecule has 0 aliphatic heterocycles. The first-order valence-corrected chi connectivity index (χ1v) is 6.44. The van der Waals surface area contributed by atoms with Gasteiger partial charge in [0.25, 0.3) is 0 Å². The van der Waals surface area contributed by atoms with E-state index in [1.807, 2.05) is 20.9 Å². The summed E-state index contributed by atoms with van der Waals surface area (Å²) in [7, 11) is 2.03. The summed E-state index contributed by atoms with van der Waals surface area (Å²) in [5.41, 5.74) is 0.0865. The summed E-state index contributed by atoms with van der Waals surface area (Å²) in [5.74, 6) is -0.725. The summed E-state index contributed by atoms with van der Waals surface area (Å²) in [6.07, 6.45) is 0. The van der Waals surface area contributed by atoms with Crippen molar-refractivity contribution in [2.45, 2.75) is 60.9 Å². The van der Waals surface area contributed by atoms with E-state index in [2.05, 4.69) is 41.5 Å². The van der Waals surface area contributed by atoms with Gasteiger partial charge < -0.3 is 9.59 Å². The smallest absolute Gasteiger partial charge is 0.359 e. The lowest BCUT2D eigenvalue weighted by Crippen LogP contribution is -2.62. The van der Waals surface area contributed by atoms with Crippen LogP contribution in [0.4, 0.5) is 0 Å². The number of nitrogens with zero attached hydrogens (tertiary/aromatic N) is 1. The third kappa shape index (κ3) is 7.37. The highest BCUT2D eigenvalue weighted by atomic mass is 16.4. The number of carboxylic acid groups (broad SMARTS) is 1. The van der Waals surface area contributed by atoms with Gasteiger partial charge in [0.1, 0.15) is 0 Å².